The van der Waals surface area contributed by atoms with E-state index < -0.39 is 0 Å². The van der Waals surface area contributed by atoms with Crippen molar-refractivity contribution in [2.75, 3.05) is 32.7 Å². The van der Waals surface area contributed by atoms with Crippen molar-refractivity contribution in [1.29, 1.82) is 0 Å². The van der Waals surface area contributed by atoms with E-state index >= 15 is 0 Å². The Bertz CT molecular complexity index is 789. The van der Waals surface area contributed by atoms with Crippen LogP contribution < -0.4 is 0 Å². The second-order valence-corrected chi connectivity index (χ2v) is 8.99. The Labute approximate surface area is 167 Å². The molecule has 152 valence electrons. The standard InChI is InChI=1S/C22H31N3O3/c1-15-6-7-17(12-16(15)2)20(27)23-8-10-24(11-9-23)21(28)18-13-19(26)25(14-18)22(3,4)5/h6-7,12,18H,8-11,13-14H2,1-5H3. The van der Waals surface area contributed by atoms with Crippen molar-refractivity contribution in [2.45, 2.75) is 46.6 Å². The van der Waals surface area contributed by atoms with E-state index in [0.717, 1.165) is 5.56 Å². The van der Waals surface area contributed by atoms with E-state index in [2.05, 4.69) is 0 Å². The van der Waals surface area contributed by atoms with Crippen molar-refractivity contribution in [1.82, 2.24) is 14.7 Å². The average molecular weight is 386 g/mol. The van der Waals surface area contributed by atoms with Gasteiger partial charge in [-0.1, -0.05) is 6.07 Å². The van der Waals surface area contributed by atoms with E-state index in [1.165, 1.54) is 5.56 Å². The summed E-state index contributed by atoms with van der Waals surface area (Å²) >= 11 is 0. The fraction of sp³-hybridized carbons (Fsp3) is 0.591. The van der Waals surface area contributed by atoms with Gasteiger partial charge in [-0.3, -0.25) is 14.4 Å². The lowest BCUT2D eigenvalue weighted by molar-refractivity contribution is -0.137. The number of carbonyl (C=O) groups excluding carboxylic acids is 3. The molecule has 2 saturated heterocycles. The fourth-order valence-corrected chi connectivity index (χ4v) is 3.97. The van der Waals surface area contributed by atoms with Gasteiger partial charge in [0.15, 0.2) is 0 Å². The van der Waals surface area contributed by atoms with Gasteiger partial charge in [0.1, 0.15) is 0 Å². The molecule has 28 heavy (non-hydrogen) atoms. The summed E-state index contributed by atoms with van der Waals surface area (Å²) in [4.78, 5) is 43.4. The maximum absolute atomic E-state index is 12.9. The van der Waals surface area contributed by atoms with Gasteiger partial charge in [-0.15, -0.1) is 0 Å². The van der Waals surface area contributed by atoms with E-state index in [1.54, 1.807) is 4.90 Å². The summed E-state index contributed by atoms with van der Waals surface area (Å²) in [6.45, 7) is 12.6. The summed E-state index contributed by atoms with van der Waals surface area (Å²) in [7, 11) is 0. The zero-order chi connectivity index (χ0) is 20.6. The van der Waals surface area contributed by atoms with Crippen molar-refractivity contribution in [3.8, 4) is 0 Å². The van der Waals surface area contributed by atoms with Crippen molar-refractivity contribution in [3.05, 3.63) is 34.9 Å². The van der Waals surface area contributed by atoms with Crippen molar-refractivity contribution >= 4 is 17.7 Å². The van der Waals surface area contributed by atoms with E-state index in [9.17, 15) is 14.4 Å². The zero-order valence-corrected chi connectivity index (χ0v) is 17.6. The topological polar surface area (TPSA) is 60.9 Å². The first kappa shape index (κ1) is 20.4. The predicted octanol–water partition coefficient (Wildman–Crippen LogP) is 2.23. The van der Waals surface area contributed by atoms with Gasteiger partial charge in [0.2, 0.25) is 11.8 Å². The Kier molecular flexibility index (Phi) is 5.50. The van der Waals surface area contributed by atoms with E-state index in [4.69, 9.17) is 0 Å². The minimum absolute atomic E-state index is 0.0187. The van der Waals surface area contributed by atoms with Crippen LogP contribution in [0.1, 0.15) is 48.7 Å². The fourth-order valence-electron chi connectivity index (χ4n) is 3.97. The number of aryl methyl sites for hydroxylation is 2. The summed E-state index contributed by atoms with van der Waals surface area (Å²) in [5.41, 5.74) is 2.71. The summed E-state index contributed by atoms with van der Waals surface area (Å²) in [6.07, 6.45) is 0.290. The lowest BCUT2D eigenvalue weighted by Gasteiger charge is -2.36. The van der Waals surface area contributed by atoms with Crippen LogP contribution in [-0.2, 0) is 9.59 Å². The van der Waals surface area contributed by atoms with Gasteiger partial charge < -0.3 is 14.7 Å². The molecule has 0 saturated carbocycles. The highest BCUT2D eigenvalue weighted by Crippen LogP contribution is 2.27. The van der Waals surface area contributed by atoms with Crippen molar-refractivity contribution in [2.24, 2.45) is 5.92 Å². The molecule has 1 atom stereocenters. The number of carbonyl (C=O) groups is 3. The number of amides is 3. The predicted molar refractivity (Wildman–Crippen MR) is 108 cm³/mol. The number of rotatable bonds is 2. The second kappa shape index (κ2) is 7.57. The van der Waals surface area contributed by atoms with Crippen LogP contribution >= 0.6 is 0 Å². The minimum Gasteiger partial charge on any atom is -0.339 e. The quantitative estimate of drug-likeness (QED) is 0.784. The third-order valence-electron chi connectivity index (χ3n) is 5.92. The van der Waals surface area contributed by atoms with Gasteiger partial charge in [-0.25, -0.2) is 0 Å². The molecule has 2 fully saturated rings. The van der Waals surface area contributed by atoms with Gasteiger partial charge in [-0.05, 0) is 57.9 Å². The van der Waals surface area contributed by atoms with Crippen LogP contribution in [0.2, 0.25) is 0 Å². The third-order valence-corrected chi connectivity index (χ3v) is 5.92. The largest absolute Gasteiger partial charge is 0.339 e. The monoisotopic (exact) mass is 385 g/mol. The molecule has 0 aliphatic carbocycles. The van der Waals surface area contributed by atoms with Gasteiger partial charge in [0, 0.05) is 50.2 Å². The Morgan fingerprint density at radius 3 is 2.11 bits per heavy atom. The van der Waals surface area contributed by atoms with Gasteiger partial charge in [-0.2, -0.15) is 0 Å². The Morgan fingerprint density at radius 2 is 1.57 bits per heavy atom. The minimum atomic E-state index is -0.270. The Morgan fingerprint density at radius 1 is 0.964 bits per heavy atom. The molecular weight excluding hydrogens is 354 g/mol. The number of likely N-dealkylation sites (tertiary alicyclic amines) is 1. The molecule has 6 heteroatoms. The molecule has 0 N–H and O–H groups in total. The molecule has 2 aliphatic heterocycles. The maximum atomic E-state index is 12.9. The molecule has 1 unspecified atom stereocenters. The third kappa shape index (κ3) is 4.05. The van der Waals surface area contributed by atoms with Crippen LogP contribution in [0.4, 0.5) is 0 Å². The van der Waals surface area contributed by atoms with Gasteiger partial charge >= 0.3 is 0 Å². The van der Waals surface area contributed by atoms with E-state index in [-0.39, 0.29) is 35.6 Å². The highest BCUT2D eigenvalue weighted by Gasteiger charge is 2.41. The van der Waals surface area contributed by atoms with E-state index in [0.29, 0.717) is 38.3 Å². The normalized spacial score (nSPS) is 20.7. The molecule has 0 aromatic heterocycles. The number of hydrogen-bond donors (Lipinski definition) is 0. The SMILES string of the molecule is Cc1ccc(C(=O)N2CCN(C(=O)C3CC(=O)N(C(C)(C)C)C3)CC2)cc1C. The van der Waals surface area contributed by atoms with Crippen molar-refractivity contribution < 1.29 is 14.4 Å². The Balaban J connectivity index is 1.58. The van der Waals surface area contributed by atoms with Crippen LogP contribution in [0.25, 0.3) is 0 Å². The maximum Gasteiger partial charge on any atom is 0.253 e. The van der Waals surface area contributed by atoms with Crippen LogP contribution in [0.3, 0.4) is 0 Å². The first-order valence-electron chi connectivity index (χ1n) is 10.0. The molecule has 1 aromatic rings. The highest BCUT2D eigenvalue weighted by atomic mass is 16.2. The lowest BCUT2D eigenvalue weighted by Crippen LogP contribution is -2.52. The van der Waals surface area contributed by atoms with Crippen LogP contribution in [0.15, 0.2) is 18.2 Å². The van der Waals surface area contributed by atoms with Gasteiger partial charge in [0.25, 0.3) is 5.91 Å². The molecule has 0 radical (unpaired) electrons. The van der Waals surface area contributed by atoms with Crippen LogP contribution in [0, 0.1) is 19.8 Å². The molecule has 0 spiro atoms. The molecular formula is C22H31N3O3. The summed E-state index contributed by atoms with van der Waals surface area (Å²) in [5, 5.41) is 0. The molecule has 2 aliphatic rings. The number of piperazine rings is 1. The molecule has 3 rings (SSSR count). The van der Waals surface area contributed by atoms with Crippen molar-refractivity contribution in [3.63, 3.8) is 0 Å². The van der Waals surface area contributed by atoms with Crippen LogP contribution in [-0.4, -0.2) is 70.7 Å². The average Bonchev–Trinajstić information content (AvgIpc) is 3.05. The zero-order valence-electron chi connectivity index (χ0n) is 17.6. The smallest absolute Gasteiger partial charge is 0.253 e. The molecule has 2 heterocycles. The van der Waals surface area contributed by atoms with E-state index in [1.807, 2.05) is 62.6 Å². The first-order valence-corrected chi connectivity index (χ1v) is 10.0. The summed E-state index contributed by atoms with van der Waals surface area (Å²) < 4.78 is 0. The number of hydrogen-bond acceptors (Lipinski definition) is 3. The van der Waals surface area contributed by atoms with Crippen LogP contribution in [0.5, 0.6) is 0 Å². The number of nitrogens with zero attached hydrogens (tertiary/aromatic N) is 3. The lowest BCUT2D eigenvalue weighted by atomic mass is 10.0. The molecule has 3 amide bonds. The Hall–Kier alpha value is -2.37. The molecule has 6 nitrogen and oxygen atoms in total. The van der Waals surface area contributed by atoms with Gasteiger partial charge in [0.05, 0.1) is 5.92 Å². The second-order valence-electron chi connectivity index (χ2n) is 8.99. The molecule has 0 bridgehead atoms. The number of benzene rings is 1. The first-order chi connectivity index (χ1) is 13.1. The molecule has 1 aromatic carbocycles. The summed E-state index contributed by atoms with van der Waals surface area (Å²) in [5.74, 6) is -0.161. The highest BCUT2D eigenvalue weighted by molar-refractivity contribution is 5.95. The summed E-state index contributed by atoms with van der Waals surface area (Å²) in [6, 6.07) is 5.77.